The minimum atomic E-state index is 0.371. The maximum atomic E-state index is 4.39. The summed E-state index contributed by atoms with van der Waals surface area (Å²) in [6.45, 7) is 7.31. The largest absolute Gasteiger partial charge is 0.373 e. The predicted octanol–water partition coefficient (Wildman–Crippen LogP) is 3.88. The van der Waals surface area contributed by atoms with Crippen molar-refractivity contribution in [3.63, 3.8) is 0 Å². The van der Waals surface area contributed by atoms with Gasteiger partial charge in [-0.2, -0.15) is 0 Å². The van der Waals surface area contributed by atoms with Gasteiger partial charge in [0, 0.05) is 22.4 Å². The SMILES string of the molecule is CCc1ccc(CNc2ncnc(NC)c2C(C)C)s1. The van der Waals surface area contributed by atoms with E-state index in [0.717, 1.165) is 30.2 Å². The van der Waals surface area contributed by atoms with E-state index < -0.39 is 0 Å². The summed E-state index contributed by atoms with van der Waals surface area (Å²) in [5.74, 6) is 2.19. The Morgan fingerprint density at radius 1 is 1.15 bits per heavy atom. The van der Waals surface area contributed by atoms with Crippen molar-refractivity contribution in [2.45, 2.75) is 39.7 Å². The number of hydrogen-bond donors (Lipinski definition) is 2. The maximum absolute atomic E-state index is 4.39. The first-order valence-electron chi connectivity index (χ1n) is 6.99. The van der Waals surface area contributed by atoms with E-state index in [1.807, 2.05) is 18.4 Å². The molecule has 0 unspecified atom stereocenters. The van der Waals surface area contributed by atoms with E-state index in [1.165, 1.54) is 9.75 Å². The van der Waals surface area contributed by atoms with Gasteiger partial charge >= 0.3 is 0 Å². The first-order valence-corrected chi connectivity index (χ1v) is 7.81. The monoisotopic (exact) mass is 290 g/mol. The molecule has 2 rings (SSSR count). The summed E-state index contributed by atoms with van der Waals surface area (Å²) in [6.07, 6.45) is 2.70. The molecule has 5 heteroatoms. The summed E-state index contributed by atoms with van der Waals surface area (Å²) in [6, 6.07) is 4.38. The summed E-state index contributed by atoms with van der Waals surface area (Å²) in [5, 5.41) is 6.58. The molecule has 2 N–H and O–H groups in total. The Labute approximate surface area is 124 Å². The molecule has 2 aromatic rings. The molecule has 0 spiro atoms. The maximum Gasteiger partial charge on any atom is 0.135 e. The smallest absolute Gasteiger partial charge is 0.135 e. The van der Waals surface area contributed by atoms with Crippen molar-refractivity contribution in [2.75, 3.05) is 17.7 Å². The Kier molecular flexibility index (Phi) is 4.95. The molecule has 108 valence electrons. The van der Waals surface area contributed by atoms with Crippen LogP contribution in [0, 0.1) is 0 Å². The van der Waals surface area contributed by atoms with Gasteiger partial charge in [0.25, 0.3) is 0 Å². The summed E-state index contributed by atoms with van der Waals surface area (Å²) in [5.41, 5.74) is 1.14. The third kappa shape index (κ3) is 3.28. The van der Waals surface area contributed by atoms with Crippen LogP contribution in [-0.4, -0.2) is 17.0 Å². The van der Waals surface area contributed by atoms with Gasteiger partial charge in [0.15, 0.2) is 0 Å². The molecule has 0 aromatic carbocycles. The number of thiophene rings is 1. The number of nitrogens with zero attached hydrogens (tertiary/aromatic N) is 2. The lowest BCUT2D eigenvalue weighted by Gasteiger charge is -2.16. The quantitative estimate of drug-likeness (QED) is 0.847. The van der Waals surface area contributed by atoms with E-state index in [1.54, 1.807) is 6.33 Å². The normalized spacial score (nSPS) is 10.8. The minimum Gasteiger partial charge on any atom is -0.373 e. The number of nitrogens with one attached hydrogen (secondary N) is 2. The highest BCUT2D eigenvalue weighted by Crippen LogP contribution is 2.28. The van der Waals surface area contributed by atoms with E-state index >= 15 is 0 Å². The fraction of sp³-hybridized carbons (Fsp3) is 0.467. The van der Waals surface area contributed by atoms with Gasteiger partial charge in [-0.1, -0.05) is 20.8 Å². The van der Waals surface area contributed by atoms with Crippen molar-refractivity contribution in [1.82, 2.24) is 9.97 Å². The average molecular weight is 290 g/mol. The van der Waals surface area contributed by atoms with Crippen LogP contribution in [0.15, 0.2) is 18.5 Å². The summed E-state index contributed by atoms with van der Waals surface area (Å²) in [7, 11) is 1.89. The van der Waals surface area contributed by atoms with Gasteiger partial charge in [-0.05, 0) is 24.5 Å². The third-order valence-corrected chi connectivity index (χ3v) is 4.42. The Balaban J connectivity index is 2.16. The van der Waals surface area contributed by atoms with Crippen LogP contribution in [0.1, 0.15) is 42.0 Å². The molecule has 0 fully saturated rings. The fourth-order valence-electron chi connectivity index (χ4n) is 2.16. The number of hydrogen-bond acceptors (Lipinski definition) is 5. The van der Waals surface area contributed by atoms with Gasteiger partial charge in [0.1, 0.15) is 18.0 Å². The predicted molar refractivity (Wildman–Crippen MR) is 86.7 cm³/mol. The molecular formula is C15H22N4S. The molecule has 0 radical (unpaired) electrons. The molecule has 0 saturated heterocycles. The third-order valence-electron chi connectivity index (χ3n) is 3.19. The molecular weight excluding hydrogens is 268 g/mol. The first-order chi connectivity index (χ1) is 9.65. The number of anilines is 2. The van der Waals surface area contributed by atoms with Gasteiger partial charge in [-0.3, -0.25) is 0 Å². The van der Waals surface area contributed by atoms with Crippen LogP contribution >= 0.6 is 11.3 Å². The topological polar surface area (TPSA) is 49.8 Å². The second kappa shape index (κ2) is 6.70. The van der Waals surface area contributed by atoms with Crippen molar-refractivity contribution in [3.05, 3.63) is 33.8 Å². The summed E-state index contributed by atoms with van der Waals surface area (Å²) >= 11 is 1.85. The van der Waals surface area contributed by atoms with Crippen molar-refractivity contribution < 1.29 is 0 Å². The van der Waals surface area contributed by atoms with E-state index in [-0.39, 0.29) is 0 Å². The van der Waals surface area contributed by atoms with Crippen LogP contribution in [0.5, 0.6) is 0 Å². The summed E-state index contributed by atoms with van der Waals surface area (Å²) in [4.78, 5) is 11.4. The van der Waals surface area contributed by atoms with Gasteiger partial charge < -0.3 is 10.6 Å². The van der Waals surface area contributed by atoms with E-state index in [9.17, 15) is 0 Å². The number of aromatic nitrogens is 2. The van der Waals surface area contributed by atoms with Gasteiger partial charge in [0.05, 0.1) is 6.54 Å². The summed E-state index contributed by atoms with van der Waals surface area (Å²) < 4.78 is 0. The molecule has 0 saturated carbocycles. The van der Waals surface area contributed by atoms with Crippen molar-refractivity contribution in [2.24, 2.45) is 0 Å². The van der Waals surface area contributed by atoms with Crippen LogP contribution in [0.3, 0.4) is 0 Å². The lowest BCUT2D eigenvalue weighted by atomic mass is 10.0. The average Bonchev–Trinajstić information content (AvgIpc) is 2.92. The molecule has 0 bridgehead atoms. The molecule has 0 aliphatic carbocycles. The first kappa shape index (κ1) is 14.8. The van der Waals surface area contributed by atoms with Crippen LogP contribution in [-0.2, 0) is 13.0 Å². The molecule has 2 heterocycles. The second-order valence-corrected chi connectivity index (χ2v) is 6.22. The Morgan fingerprint density at radius 3 is 2.45 bits per heavy atom. The number of aryl methyl sites for hydroxylation is 1. The Bertz CT molecular complexity index is 563. The zero-order valence-electron chi connectivity index (χ0n) is 12.5. The Hall–Kier alpha value is -1.62. The zero-order valence-corrected chi connectivity index (χ0v) is 13.3. The second-order valence-electron chi connectivity index (χ2n) is 4.96. The van der Waals surface area contributed by atoms with E-state index in [2.05, 4.69) is 53.5 Å². The van der Waals surface area contributed by atoms with Crippen LogP contribution in [0.4, 0.5) is 11.6 Å². The molecule has 0 atom stereocenters. The van der Waals surface area contributed by atoms with E-state index in [4.69, 9.17) is 0 Å². The van der Waals surface area contributed by atoms with Gasteiger partial charge in [0.2, 0.25) is 0 Å². The molecule has 20 heavy (non-hydrogen) atoms. The van der Waals surface area contributed by atoms with Crippen molar-refractivity contribution in [1.29, 1.82) is 0 Å². The molecule has 0 aliphatic heterocycles. The minimum absolute atomic E-state index is 0.371. The zero-order chi connectivity index (χ0) is 14.5. The Morgan fingerprint density at radius 2 is 1.85 bits per heavy atom. The van der Waals surface area contributed by atoms with Crippen LogP contribution in [0.2, 0.25) is 0 Å². The molecule has 2 aromatic heterocycles. The van der Waals surface area contributed by atoms with E-state index in [0.29, 0.717) is 5.92 Å². The highest BCUT2D eigenvalue weighted by Gasteiger charge is 2.14. The van der Waals surface area contributed by atoms with Crippen LogP contribution in [0.25, 0.3) is 0 Å². The molecule has 4 nitrogen and oxygen atoms in total. The van der Waals surface area contributed by atoms with Crippen molar-refractivity contribution >= 4 is 23.0 Å². The van der Waals surface area contributed by atoms with Crippen LogP contribution < -0.4 is 10.6 Å². The molecule has 0 aliphatic rings. The van der Waals surface area contributed by atoms with Crippen molar-refractivity contribution in [3.8, 4) is 0 Å². The van der Waals surface area contributed by atoms with Gasteiger partial charge in [-0.25, -0.2) is 9.97 Å². The lowest BCUT2D eigenvalue weighted by Crippen LogP contribution is -2.09. The highest BCUT2D eigenvalue weighted by molar-refractivity contribution is 7.12. The van der Waals surface area contributed by atoms with Gasteiger partial charge in [-0.15, -0.1) is 11.3 Å². The number of rotatable bonds is 6. The molecule has 0 amide bonds. The lowest BCUT2D eigenvalue weighted by molar-refractivity contribution is 0.847. The highest BCUT2D eigenvalue weighted by atomic mass is 32.1. The fourth-order valence-corrected chi connectivity index (χ4v) is 3.06. The standard InChI is InChI=1S/C15H22N4S/c1-5-11-6-7-12(20-11)8-17-15-13(10(2)3)14(16-4)18-9-19-15/h6-7,9-10H,5,8H2,1-4H3,(H2,16,17,18,19).